The minimum Gasteiger partial charge on any atom is -0.385 e. The maximum absolute atomic E-state index is 5.12. The van der Waals surface area contributed by atoms with Gasteiger partial charge in [-0.2, -0.15) is 0 Å². The summed E-state index contributed by atoms with van der Waals surface area (Å²) in [6, 6.07) is 8.95. The number of rotatable bonds is 12. The summed E-state index contributed by atoms with van der Waals surface area (Å²) in [6.07, 6.45) is 2.32. The standard InChI is InChI=1S/C24H44N6O/c1-5-25-24(26-12-16-28(2)14-7-19-31-4)27-20-22-8-10-23(11-9-22)21-30-15-6-13-29(3)17-18-30/h8-11H,5-7,12-21H2,1-4H3,(H2,25,26,27). The van der Waals surface area contributed by atoms with Crippen LogP contribution in [-0.4, -0.2) is 101 Å². The lowest BCUT2D eigenvalue weighted by Crippen LogP contribution is -2.41. The average Bonchev–Trinajstić information content (AvgIpc) is 2.97. The van der Waals surface area contributed by atoms with Crippen molar-refractivity contribution in [3.8, 4) is 0 Å². The molecule has 1 aliphatic rings. The second kappa shape index (κ2) is 15.2. The SMILES string of the molecule is CCNC(=NCc1ccc(CN2CCCN(C)CC2)cc1)NCCN(C)CCCOC. The van der Waals surface area contributed by atoms with E-state index >= 15 is 0 Å². The first kappa shape index (κ1) is 25.6. The Morgan fingerprint density at radius 3 is 2.58 bits per heavy atom. The van der Waals surface area contributed by atoms with E-state index in [4.69, 9.17) is 9.73 Å². The molecule has 1 aliphatic heterocycles. The summed E-state index contributed by atoms with van der Waals surface area (Å²) in [4.78, 5) is 12.1. The molecule has 0 atom stereocenters. The van der Waals surface area contributed by atoms with Crippen molar-refractivity contribution >= 4 is 5.96 Å². The van der Waals surface area contributed by atoms with Crippen molar-refractivity contribution in [1.29, 1.82) is 0 Å². The minimum atomic E-state index is 0.688. The van der Waals surface area contributed by atoms with E-state index in [1.54, 1.807) is 7.11 Å². The van der Waals surface area contributed by atoms with Crippen LogP contribution < -0.4 is 10.6 Å². The second-order valence-electron chi connectivity index (χ2n) is 8.52. The number of benzene rings is 1. The molecule has 1 aromatic carbocycles. The number of guanidine groups is 1. The van der Waals surface area contributed by atoms with Crippen LogP contribution in [0.5, 0.6) is 0 Å². The molecule has 176 valence electrons. The van der Waals surface area contributed by atoms with Crippen LogP contribution in [0.15, 0.2) is 29.3 Å². The summed E-state index contributed by atoms with van der Waals surface area (Å²) >= 11 is 0. The maximum atomic E-state index is 5.12. The third kappa shape index (κ3) is 11.0. The predicted molar refractivity (Wildman–Crippen MR) is 131 cm³/mol. The molecule has 0 unspecified atom stereocenters. The van der Waals surface area contributed by atoms with E-state index in [-0.39, 0.29) is 0 Å². The highest BCUT2D eigenvalue weighted by Gasteiger charge is 2.12. The number of nitrogens with zero attached hydrogens (tertiary/aromatic N) is 4. The van der Waals surface area contributed by atoms with Gasteiger partial charge in [-0.15, -0.1) is 0 Å². The number of nitrogens with one attached hydrogen (secondary N) is 2. The van der Waals surface area contributed by atoms with Gasteiger partial charge in [-0.25, -0.2) is 4.99 Å². The first-order valence-electron chi connectivity index (χ1n) is 11.8. The average molecular weight is 433 g/mol. The first-order valence-corrected chi connectivity index (χ1v) is 11.8. The molecule has 31 heavy (non-hydrogen) atoms. The molecule has 0 radical (unpaired) electrons. The first-order chi connectivity index (χ1) is 15.1. The molecule has 7 nitrogen and oxygen atoms in total. The van der Waals surface area contributed by atoms with Crippen LogP contribution in [-0.2, 0) is 17.8 Å². The highest BCUT2D eigenvalue weighted by molar-refractivity contribution is 5.79. The molecule has 0 bridgehead atoms. The zero-order valence-corrected chi connectivity index (χ0v) is 20.2. The van der Waals surface area contributed by atoms with E-state index in [0.29, 0.717) is 6.54 Å². The molecule has 0 aromatic heterocycles. The highest BCUT2D eigenvalue weighted by atomic mass is 16.5. The fourth-order valence-electron chi connectivity index (χ4n) is 3.73. The zero-order chi connectivity index (χ0) is 22.3. The second-order valence-corrected chi connectivity index (χ2v) is 8.52. The van der Waals surface area contributed by atoms with Crippen molar-refractivity contribution in [1.82, 2.24) is 25.3 Å². The van der Waals surface area contributed by atoms with Gasteiger partial charge >= 0.3 is 0 Å². The van der Waals surface area contributed by atoms with Gasteiger partial charge < -0.3 is 25.2 Å². The number of ether oxygens (including phenoxy) is 1. The molecule has 1 fully saturated rings. The zero-order valence-electron chi connectivity index (χ0n) is 20.2. The van der Waals surface area contributed by atoms with Gasteiger partial charge in [0.1, 0.15) is 0 Å². The van der Waals surface area contributed by atoms with Gasteiger partial charge in [0.25, 0.3) is 0 Å². The number of hydrogen-bond acceptors (Lipinski definition) is 5. The molecule has 2 rings (SSSR count). The normalized spacial score (nSPS) is 16.5. The molecule has 1 saturated heterocycles. The lowest BCUT2D eigenvalue weighted by Gasteiger charge is -2.20. The van der Waals surface area contributed by atoms with Gasteiger partial charge in [-0.05, 0) is 58.1 Å². The van der Waals surface area contributed by atoms with Crippen LogP contribution in [0.4, 0.5) is 0 Å². The Morgan fingerprint density at radius 2 is 1.84 bits per heavy atom. The molecule has 2 N–H and O–H groups in total. The van der Waals surface area contributed by atoms with Gasteiger partial charge in [0.05, 0.1) is 6.54 Å². The largest absolute Gasteiger partial charge is 0.385 e. The minimum absolute atomic E-state index is 0.688. The van der Waals surface area contributed by atoms with Crippen LogP contribution in [0, 0.1) is 0 Å². The van der Waals surface area contributed by atoms with Gasteiger partial charge in [-0.1, -0.05) is 24.3 Å². The van der Waals surface area contributed by atoms with Crippen molar-refractivity contribution in [2.75, 3.05) is 80.2 Å². The smallest absolute Gasteiger partial charge is 0.191 e. The molecule has 0 amide bonds. The lowest BCUT2D eigenvalue weighted by molar-refractivity contribution is 0.180. The van der Waals surface area contributed by atoms with Crippen molar-refractivity contribution in [3.05, 3.63) is 35.4 Å². The molecule has 0 saturated carbocycles. The van der Waals surface area contributed by atoms with Crippen LogP contribution in [0.3, 0.4) is 0 Å². The number of hydrogen-bond donors (Lipinski definition) is 2. The quantitative estimate of drug-likeness (QED) is 0.299. The van der Waals surface area contributed by atoms with E-state index in [0.717, 1.165) is 64.8 Å². The van der Waals surface area contributed by atoms with Crippen molar-refractivity contribution in [2.24, 2.45) is 4.99 Å². The van der Waals surface area contributed by atoms with Gasteiger partial charge in [0, 0.05) is 59.5 Å². The summed E-state index contributed by atoms with van der Waals surface area (Å²) < 4.78 is 5.12. The lowest BCUT2D eigenvalue weighted by atomic mass is 10.1. The predicted octanol–water partition coefficient (Wildman–Crippen LogP) is 1.85. The summed E-state index contributed by atoms with van der Waals surface area (Å²) in [5.41, 5.74) is 2.63. The highest BCUT2D eigenvalue weighted by Crippen LogP contribution is 2.11. The van der Waals surface area contributed by atoms with Crippen molar-refractivity contribution in [2.45, 2.75) is 32.9 Å². The summed E-state index contributed by atoms with van der Waals surface area (Å²) in [5, 5.41) is 6.79. The Morgan fingerprint density at radius 1 is 1.06 bits per heavy atom. The third-order valence-electron chi connectivity index (χ3n) is 5.68. The molecule has 7 heteroatoms. The van der Waals surface area contributed by atoms with Crippen LogP contribution >= 0.6 is 0 Å². The number of likely N-dealkylation sites (N-methyl/N-ethyl adjacent to an activating group) is 2. The topological polar surface area (TPSA) is 55.4 Å². The Hall–Kier alpha value is -1.67. The van der Waals surface area contributed by atoms with Gasteiger partial charge in [0.2, 0.25) is 0 Å². The summed E-state index contributed by atoms with van der Waals surface area (Å²) in [5.74, 6) is 0.880. The van der Waals surface area contributed by atoms with E-state index < -0.39 is 0 Å². The van der Waals surface area contributed by atoms with Crippen LogP contribution in [0.1, 0.15) is 30.9 Å². The van der Waals surface area contributed by atoms with E-state index in [9.17, 15) is 0 Å². The molecule has 0 aliphatic carbocycles. The van der Waals surface area contributed by atoms with Crippen LogP contribution in [0.25, 0.3) is 0 Å². The van der Waals surface area contributed by atoms with Gasteiger partial charge in [-0.3, -0.25) is 4.90 Å². The molecule has 0 spiro atoms. The van der Waals surface area contributed by atoms with Gasteiger partial charge in [0.15, 0.2) is 5.96 Å². The third-order valence-corrected chi connectivity index (χ3v) is 5.68. The number of methoxy groups -OCH3 is 1. The summed E-state index contributed by atoms with van der Waals surface area (Å²) in [7, 11) is 6.12. The fraction of sp³-hybridized carbons (Fsp3) is 0.708. The molecular formula is C24H44N6O. The van der Waals surface area contributed by atoms with Crippen molar-refractivity contribution < 1.29 is 4.74 Å². The molecule has 1 heterocycles. The van der Waals surface area contributed by atoms with Crippen LogP contribution in [0.2, 0.25) is 0 Å². The Balaban J connectivity index is 1.77. The number of aliphatic imine (C=N–C) groups is 1. The van der Waals surface area contributed by atoms with E-state index in [1.807, 2.05) is 0 Å². The maximum Gasteiger partial charge on any atom is 0.191 e. The van der Waals surface area contributed by atoms with E-state index in [2.05, 4.69) is 70.6 Å². The molecule has 1 aromatic rings. The monoisotopic (exact) mass is 432 g/mol. The fourth-order valence-corrected chi connectivity index (χ4v) is 3.73. The van der Waals surface area contributed by atoms with Crippen molar-refractivity contribution in [3.63, 3.8) is 0 Å². The Bertz CT molecular complexity index is 621. The molecular weight excluding hydrogens is 388 g/mol. The Kier molecular flexibility index (Phi) is 12.5. The Labute approximate surface area is 189 Å². The van der Waals surface area contributed by atoms with E-state index in [1.165, 1.54) is 30.6 Å². The summed E-state index contributed by atoms with van der Waals surface area (Å²) in [6.45, 7) is 13.1.